The average Bonchev–Trinajstić information content (AvgIpc) is 3.41. The first-order valence-electron chi connectivity index (χ1n) is 11.3. The fourth-order valence-electron chi connectivity index (χ4n) is 3.22. The Balaban J connectivity index is 1.37. The van der Waals surface area contributed by atoms with E-state index in [1.807, 2.05) is 0 Å². The predicted molar refractivity (Wildman–Crippen MR) is 135 cm³/mol. The molecule has 0 fully saturated rings. The topological polar surface area (TPSA) is 114 Å². The molecule has 0 aliphatic heterocycles. The minimum Gasteiger partial charge on any atom is -0.488 e. The number of H-pyrrole nitrogens is 1. The number of nitrogens with one attached hydrogen (secondary N) is 3. The molecule has 11 heteroatoms. The lowest BCUT2D eigenvalue weighted by Gasteiger charge is -2.11. The van der Waals surface area contributed by atoms with E-state index in [4.69, 9.17) is 9.47 Å². The van der Waals surface area contributed by atoms with Crippen molar-refractivity contribution in [3.05, 3.63) is 90.2 Å². The number of aromatic amines is 1. The molecule has 0 spiro atoms. The number of allylic oxidation sites excluding steroid dienone is 1. The van der Waals surface area contributed by atoms with Crippen LogP contribution < -0.4 is 15.4 Å². The molecular weight excluding hydrogens is 482 g/mol. The zero-order chi connectivity index (χ0) is 26.0. The van der Waals surface area contributed by atoms with Crippen molar-refractivity contribution in [1.82, 2.24) is 19.9 Å². The molecule has 0 saturated carbocycles. The van der Waals surface area contributed by atoms with Crippen molar-refractivity contribution in [2.75, 3.05) is 31.0 Å². The molecule has 0 aliphatic rings. The van der Waals surface area contributed by atoms with Crippen molar-refractivity contribution in [3.8, 4) is 5.75 Å². The highest BCUT2D eigenvalue weighted by Gasteiger charge is 2.10. The zero-order valence-corrected chi connectivity index (χ0v) is 19.9. The van der Waals surface area contributed by atoms with Crippen molar-refractivity contribution >= 4 is 35.0 Å². The molecule has 4 rings (SSSR count). The predicted octanol–water partition coefficient (Wildman–Crippen LogP) is 4.82. The molecule has 0 bridgehead atoms. The SMILES string of the molecule is COCCOc1ccc(Nc2ncc(F)c(Nc3ccc(CC(=O)/C=C/c4ncc[nH]4)cc3)n2)cc1F. The van der Waals surface area contributed by atoms with Crippen LogP contribution in [-0.2, 0) is 16.0 Å². The van der Waals surface area contributed by atoms with E-state index in [9.17, 15) is 13.6 Å². The summed E-state index contributed by atoms with van der Waals surface area (Å²) in [7, 11) is 1.53. The summed E-state index contributed by atoms with van der Waals surface area (Å²) < 4.78 is 38.8. The third-order valence-corrected chi connectivity index (χ3v) is 5.02. The number of halogens is 2. The molecule has 0 aliphatic carbocycles. The summed E-state index contributed by atoms with van der Waals surface area (Å²) in [4.78, 5) is 27.1. The molecular formula is C26H24F2N6O3. The van der Waals surface area contributed by atoms with Gasteiger partial charge in [-0.1, -0.05) is 12.1 Å². The van der Waals surface area contributed by atoms with Crippen LogP contribution in [0.2, 0.25) is 0 Å². The van der Waals surface area contributed by atoms with Crippen LogP contribution in [0.25, 0.3) is 6.08 Å². The number of aromatic nitrogens is 4. The van der Waals surface area contributed by atoms with E-state index in [1.165, 1.54) is 25.3 Å². The van der Waals surface area contributed by atoms with Gasteiger partial charge in [-0.25, -0.2) is 18.7 Å². The number of ketones is 1. The first-order chi connectivity index (χ1) is 18.0. The number of hydrogen-bond donors (Lipinski definition) is 3. The first-order valence-corrected chi connectivity index (χ1v) is 11.3. The Morgan fingerprint density at radius 1 is 1.03 bits per heavy atom. The Morgan fingerprint density at radius 3 is 2.57 bits per heavy atom. The van der Waals surface area contributed by atoms with E-state index < -0.39 is 11.6 Å². The zero-order valence-electron chi connectivity index (χ0n) is 19.9. The van der Waals surface area contributed by atoms with E-state index >= 15 is 0 Å². The Labute approximate surface area is 211 Å². The van der Waals surface area contributed by atoms with Gasteiger partial charge in [-0.05, 0) is 42.0 Å². The number of hydrogen-bond acceptors (Lipinski definition) is 8. The Bertz CT molecular complexity index is 1360. The molecule has 0 saturated heterocycles. The van der Waals surface area contributed by atoms with Crippen LogP contribution in [0.3, 0.4) is 0 Å². The number of rotatable bonds is 12. The maximum atomic E-state index is 14.3. The molecule has 0 amide bonds. The van der Waals surface area contributed by atoms with Gasteiger partial charge in [0.15, 0.2) is 29.0 Å². The van der Waals surface area contributed by atoms with Gasteiger partial charge in [-0.2, -0.15) is 4.98 Å². The summed E-state index contributed by atoms with van der Waals surface area (Å²) >= 11 is 0. The maximum absolute atomic E-state index is 14.3. The summed E-state index contributed by atoms with van der Waals surface area (Å²) in [5, 5.41) is 5.73. The lowest BCUT2D eigenvalue weighted by Crippen LogP contribution is -2.06. The van der Waals surface area contributed by atoms with E-state index in [0.717, 1.165) is 11.8 Å². The highest BCUT2D eigenvalue weighted by molar-refractivity contribution is 5.94. The summed E-state index contributed by atoms with van der Waals surface area (Å²) in [5.74, 6) is -0.630. The number of imidazole rings is 1. The highest BCUT2D eigenvalue weighted by Crippen LogP contribution is 2.24. The van der Waals surface area contributed by atoms with Crippen LogP contribution in [0, 0.1) is 11.6 Å². The van der Waals surface area contributed by atoms with Crippen LogP contribution in [-0.4, -0.2) is 46.0 Å². The molecule has 3 N–H and O–H groups in total. The quantitative estimate of drug-likeness (QED) is 0.185. The van der Waals surface area contributed by atoms with Gasteiger partial charge >= 0.3 is 0 Å². The third kappa shape index (κ3) is 7.42. The Kier molecular flexibility index (Phi) is 8.50. The van der Waals surface area contributed by atoms with Gasteiger partial charge in [0.1, 0.15) is 12.4 Å². The molecule has 4 aromatic rings. The second-order valence-corrected chi connectivity index (χ2v) is 7.77. The lowest BCUT2D eigenvalue weighted by molar-refractivity contribution is -0.113. The molecule has 190 valence electrons. The standard InChI is InChI=1S/C26H24F2N6O3/c1-36-12-13-37-23-8-6-19(15-21(23)27)33-26-31-16-22(28)25(34-26)32-18-4-2-17(3-5-18)14-20(35)7-9-24-29-10-11-30-24/h2-11,15-16H,12-14H2,1H3,(H,29,30)(H2,31,32,33,34)/b9-7+. The fourth-order valence-corrected chi connectivity index (χ4v) is 3.22. The molecule has 2 heterocycles. The molecule has 0 unspecified atom stereocenters. The Morgan fingerprint density at radius 2 is 1.84 bits per heavy atom. The van der Waals surface area contributed by atoms with Gasteiger partial charge in [0.05, 0.1) is 12.8 Å². The van der Waals surface area contributed by atoms with Crippen LogP contribution in [0.4, 0.5) is 31.9 Å². The van der Waals surface area contributed by atoms with Gasteiger partial charge in [-0.3, -0.25) is 4.79 Å². The largest absolute Gasteiger partial charge is 0.488 e. The van der Waals surface area contributed by atoms with E-state index in [-0.39, 0.29) is 36.3 Å². The van der Waals surface area contributed by atoms with Gasteiger partial charge in [0.2, 0.25) is 5.95 Å². The molecule has 37 heavy (non-hydrogen) atoms. The molecule has 2 aromatic carbocycles. The van der Waals surface area contributed by atoms with Crippen molar-refractivity contribution < 1.29 is 23.0 Å². The number of carbonyl (C=O) groups is 1. The summed E-state index contributed by atoms with van der Waals surface area (Å²) in [6, 6.07) is 11.2. The van der Waals surface area contributed by atoms with Gasteiger partial charge in [0.25, 0.3) is 0 Å². The summed E-state index contributed by atoms with van der Waals surface area (Å²) in [5.41, 5.74) is 1.72. The third-order valence-electron chi connectivity index (χ3n) is 5.02. The number of anilines is 4. The van der Waals surface area contributed by atoms with Crippen molar-refractivity contribution in [2.24, 2.45) is 0 Å². The Hall–Kier alpha value is -4.64. The summed E-state index contributed by atoms with van der Waals surface area (Å²) in [6.45, 7) is 0.555. The monoisotopic (exact) mass is 506 g/mol. The molecule has 2 aromatic heterocycles. The van der Waals surface area contributed by atoms with Crippen molar-refractivity contribution in [3.63, 3.8) is 0 Å². The molecule has 9 nitrogen and oxygen atoms in total. The minimum absolute atomic E-state index is 0.0669. The van der Waals surface area contributed by atoms with Crippen LogP contribution in [0.5, 0.6) is 5.75 Å². The van der Waals surface area contributed by atoms with E-state index in [1.54, 1.807) is 48.8 Å². The number of carbonyl (C=O) groups excluding carboxylic acids is 1. The lowest BCUT2D eigenvalue weighted by atomic mass is 10.1. The molecule has 0 atom stereocenters. The maximum Gasteiger partial charge on any atom is 0.229 e. The van der Waals surface area contributed by atoms with Gasteiger partial charge in [-0.15, -0.1) is 0 Å². The van der Waals surface area contributed by atoms with Crippen LogP contribution in [0.1, 0.15) is 11.4 Å². The first kappa shape index (κ1) is 25.5. The summed E-state index contributed by atoms with van der Waals surface area (Å²) in [6.07, 6.45) is 7.57. The number of nitrogens with zero attached hydrogens (tertiary/aromatic N) is 3. The second-order valence-electron chi connectivity index (χ2n) is 7.77. The fraction of sp³-hybridized carbons (Fsp3) is 0.154. The number of benzene rings is 2. The average molecular weight is 507 g/mol. The minimum atomic E-state index is -0.666. The van der Waals surface area contributed by atoms with Crippen molar-refractivity contribution in [2.45, 2.75) is 6.42 Å². The second kappa shape index (κ2) is 12.4. The van der Waals surface area contributed by atoms with Crippen LogP contribution in [0.15, 0.2) is 67.1 Å². The van der Waals surface area contributed by atoms with Gasteiger partial charge in [0, 0.05) is 43.4 Å². The molecule has 0 radical (unpaired) electrons. The van der Waals surface area contributed by atoms with E-state index in [2.05, 4.69) is 30.6 Å². The highest BCUT2D eigenvalue weighted by atomic mass is 19.1. The van der Waals surface area contributed by atoms with Crippen molar-refractivity contribution in [1.29, 1.82) is 0 Å². The number of methoxy groups -OCH3 is 1. The van der Waals surface area contributed by atoms with E-state index in [0.29, 0.717) is 23.8 Å². The van der Waals surface area contributed by atoms with Crippen LogP contribution >= 0.6 is 0 Å². The number of ether oxygens (including phenoxy) is 2. The van der Waals surface area contributed by atoms with Gasteiger partial charge < -0.3 is 25.1 Å². The smallest absolute Gasteiger partial charge is 0.229 e. The normalized spacial score (nSPS) is 11.0.